The molecule has 5 nitrogen and oxygen atoms in total. The zero-order chi connectivity index (χ0) is 16.9. The number of nitrogens with zero attached hydrogens (tertiary/aromatic N) is 2. The predicted molar refractivity (Wildman–Crippen MR) is 92.3 cm³/mol. The molecule has 1 amide bonds. The van der Waals surface area contributed by atoms with Gasteiger partial charge in [0.1, 0.15) is 0 Å². The van der Waals surface area contributed by atoms with Crippen LogP contribution < -0.4 is 5.32 Å². The third kappa shape index (κ3) is 4.00. The first kappa shape index (κ1) is 16.2. The topological polar surface area (TPSA) is 68.0 Å². The number of hydrogen-bond acceptors (Lipinski definition) is 4. The molecule has 1 N–H and O–H groups in total. The van der Waals surface area contributed by atoms with Crippen LogP contribution in [0.25, 0.3) is 0 Å². The number of carbonyl (C=O) groups is 1. The molecule has 0 radical (unpaired) electrons. The van der Waals surface area contributed by atoms with Crippen molar-refractivity contribution in [2.45, 2.75) is 19.8 Å². The van der Waals surface area contributed by atoms with Gasteiger partial charge < -0.3 is 4.42 Å². The summed E-state index contributed by atoms with van der Waals surface area (Å²) in [6, 6.07) is 14.9. The van der Waals surface area contributed by atoms with E-state index in [0.717, 1.165) is 12.0 Å². The molecule has 3 rings (SSSR count). The van der Waals surface area contributed by atoms with Gasteiger partial charge in [0.25, 0.3) is 5.91 Å². The molecular weight excluding hydrogens is 326 g/mol. The predicted octanol–water partition coefficient (Wildman–Crippen LogP) is 4.13. The maximum atomic E-state index is 12.1. The molecule has 0 aliphatic carbocycles. The summed E-state index contributed by atoms with van der Waals surface area (Å²) in [5.41, 5.74) is 2.78. The fraction of sp³-hybridized carbons (Fsp3) is 0.167. The summed E-state index contributed by atoms with van der Waals surface area (Å²) in [6.07, 6.45) is 1.52. The lowest BCUT2D eigenvalue weighted by molar-refractivity contribution is 0.102. The standard InChI is InChI=1S/C18H16ClN3O2/c1-2-12-6-8-13(9-7-12)10-16-21-22-18(24-16)20-17(23)14-4-3-5-15(19)11-14/h3-9,11H,2,10H2,1H3,(H,20,22,23). The average Bonchev–Trinajstić information content (AvgIpc) is 3.02. The Morgan fingerprint density at radius 3 is 2.58 bits per heavy atom. The van der Waals surface area contributed by atoms with Crippen LogP contribution in [-0.2, 0) is 12.8 Å². The molecule has 0 fully saturated rings. The second kappa shape index (κ2) is 7.27. The zero-order valence-electron chi connectivity index (χ0n) is 13.1. The first-order valence-corrected chi connectivity index (χ1v) is 7.99. The Morgan fingerprint density at radius 1 is 1.12 bits per heavy atom. The van der Waals surface area contributed by atoms with Gasteiger partial charge in [-0.05, 0) is 35.7 Å². The minimum absolute atomic E-state index is 0.0696. The third-order valence-electron chi connectivity index (χ3n) is 3.56. The van der Waals surface area contributed by atoms with Gasteiger partial charge in [0.2, 0.25) is 5.89 Å². The van der Waals surface area contributed by atoms with Gasteiger partial charge >= 0.3 is 6.01 Å². The maximum Gasteiger partial charge on any atom is 0.322 e. The minimum atomic E-state index is -0.347. The Balaban J connectivity index is 1.65. The van der Waals surface area contributed by atoms with Gasteiger partial charge in [0.05, 0.1) is 6.42 Å². The number of nitrogens with one attached hydrogen (secondary N) is 1. The van der Waals surface area contributed by atoms with Crippen LogP contribution in [0.3, 0.4) is 0 Å². The van der Waals surface area contributed by atoms with Gasteiger partial charge in [-0.1, -0.05) is 54.0 Å². The van der Waals surface area contributed by atoms with E-state index in [0.29, 0.717) is 22.9 Å². The van der Waals surface area contributed by atoms with Crippen molar-refractivity contribution in [3.05, 3.63) is 76.1 Å². The highest BCUT2D eigenvalue weighted by Gasteiger charge is 2.12. The first-order valence-electron chi connectivity index (χ1n) is 7.61. The lowest BCUT2D eigenvalue weighted by atomic mass is 10.1. The van der Waals surface area contributed by atoms with Crippen LogP contribution in [0.4, 0.5) is 6.01 Å². The zero-order valence-corrected chi connectivity index (χ0v) is 13.9. The highest BCUT2D eigenvalue weighted by molar-refractivity contribution is 6.31. The van der Waals surface area contributed by atoms with Crippen LogP contribution in [0.1, 0.15) is 34.3 Å². The molecule has 1 aromatic heterocycles. The largest absolute Gasteiger partial charge is 0.407 e. The molecule has 0 aliphatic rings. The van der Waals surface area contributed by atoms with Crippen LogP contribution >= 0.6 is 11.6 Å². The minimum Gasteiger partial charge on any atom is -0.407 e. The molecule has 24 heavy (non-hydrogen) atoms. The summed E-state index contributed by atoms with van der Waals surface area (Å²) in [7, 11) is 0. The first-order chi connectivity index (χ1) is 11.6. The van der Waals surface area contributed by atoms with Gasteiger partial charge in [0.15, 0.2) is 0 Å². The highest BCUT2D eigenvalue weighted by Crippen LogP contribution is 2.15. The van der Waals surface area contributed by atoms with Crippen LogP contribution in [0.2, 0.25) is 5.02 Å². The highest BCUT2D eigenvalue weighted by atomic mass is 35.5. The Morgan fingerprint density at radius 2 is 1.88 bits per heavy atom. The van der Waals surface area contributed by atoms with E-state index >= 15 is 0 Å². The van der Waals surface area contributed by atoms with Gasteiger partial charge in [0, 0.05) is 10.6 Å². The molecular formula is C18H16ClN3O2. The molecule has 0 saturated carbocycles. The van der Waals surface area contributed by atoms with Crippen molar-refractivity contribution < 1.29 is 9.21 Å². The molecule has 0 aliphatic heterocycles. The summed E-state index contributed by atoms with van der Waals surface area (Å²) in [4.78, 5) is 12.1. The number of carbonyl (C=O) groups excluding carboxylic acids is 1. The number of benzene rings is 2. The summed E-state index contributed by atoms with van der Waals surface area (Å²) in [5.74, 6) is 0.0978. The van der Waals surface area contributed by atoms with Gasteiger partial charge in [-0.2, -0.15) is 0 Å². The fourth-order valence-corrected chi connectivity index (χ4v) is 2.43. The van der Waals surface area contributed by atoms with Crippen LogP contribution in [0.5, 0.6) is 0 Å². The molecule has 0 spiro atoms. The van der Waals surface area contributed by atoms with Crippen LogP contribution in [0.15, 0.2) is 52.9 Å². The van der Waals surface area contributed by atoms with Gasteiger partial charge in [-0.25, -0.2) is 0 Å². The lowest BCUT2D eigenvalue weighted by Gasteiger charge is -2.01. The van der Waals surface area contributed by atoms with E-state index in [9.17, 15) is 4.79 Å². The molecule has 6 heteroatoms. The molecule has 3 aromatic rings. The normalized spacial score (nSPS) is 10.6. The number of rotatable bonds is 5. The van der Waals surface area contributed by atoms with Crippen molar-refractivity contribution in [3.63, 3.8) is 0 Å². The molecule has 0 saturated heterocycles. The molecule has 1 heterocycles. The average molecular weight is 342 g/mol. The number of amides is 1. The van der Waals surface area contributed by atoms with E-state index in [-0.39, 0.29) is 11.9 Å². The van der Waals surface area contributed by atoms with E-state index in [1.165, 1.54) is 5.56 Å². The van der Waals surface area contributed by atoms with Crippen LogP contribution in [0, 0.1) is 0 Å². The quantitative estimate of drug-likeness (QED) is 0.757. The number of hydrogen-bond donors (Lipinski definition) is 1. The second-order valence-corrected chi connectivity index (χ2v) is 5.75. The summed E-state index contributed by atoms with van der Waals surface area (Å²) in [6.45, 7) is 2.11. The van der Waals surface area contributed by atoms with Crippen molar-refractivity contribution in [2.24, 2.45) is 0 Å². The van der Waals surface area contributed by atoms with Crippen molar-refractivity contribution >= 4 is 23.5 Å². The third-order valence-corrected chi connectivity index (χ3v) is 3.80. The smallest absolute Gasteiger partial charge is 0.322 e. The lowest BCUT2D eigenvalue weighted by Crippen LogP contribution is -2.11. The number of halogens is 1. The summed E-state index contributed by atoms with van der Waals surface area (Å²) < 4.78 is 5.48. The molecule has 0 unspecified atom stereocenters. The van der Waals surface area contributed by atoms with E-state index in [1.807, 2.05) is 12.1 Å². The summed E-state index contributed by atoms with van der Waals surface area (Å²) >= 11 is 5.88. The molecule has 0 atom stereocenters. The van der Waals surface area contributed by atoms with Crippen LogP contribution in [-0.4, -0.2) is 16.1 Å². The Kier molecular flexibility index (Phi) is 4.91. The number of anilines is 1. The number of aromatic nitrogens is 2. The Labute approximate surface area is 144 Å². The van der Waals surface area contributed by atoms with Gasteiger partial charge in [-0.3, -0.25) is 10.1 Å². The number of aryl methyl sites for hydroxylation is 1. The second-order valence-electron chi connectivity index (χ2n) is 5.31. The van der Waals surface area contributed by atoms with E-state index in [1.54, 1.807) is 24.3 Å². The van der Waals surface area contributed by atoms with Crippen molar-refractivity contribution in [2.75, 3.05) is 5.32 Å². The van der Waals surface area contributed by atoms with E-state index < -0.39 is 0 Å². The Bertz CT molecular complexity index is 843. The SMILES string of the molecule is CCc1ccc(Cc2nnc(NC(=O)c3cccc(Cl)c3)o2)cc1. The van der Waals surface area contributed by atoms with E-state index in [2.05, 4.69) is 34.6 Å². The van der Waals surface area contributed by atoms with E-state index in [4.69, 9.17) is 16.0 Å². The van der Waals surface area contributed by atoms with Crippen molar-refractivity contribution in [1.82, 2.24) is 10.2 Å². The molecule has 2 aromatic carbocycles. The maximum absolute atomic E-state index is 12.1. The molecule has 122 valence electrons. The van der Waals surface area contributed by atoms with Crippen molar-refractivity contribution in [3.8, 4) is 0 Å². The molecule has 0 bridgehead atoms. The van der Waals surface area contributed by atoms with Gasteiger partial charge in [-0.15, -0.1) is 5.10 Å². The monoisotopic (exact) mass is 341 g/mol. The van der Waals surface area contributed by atoms with Crippen molar-refractivity contribution in [1.29, 1.82) is 0 Å². The fourth-order valence-electron chi connectivity index (χ4n) is 2.24. The summed E-state index contributed by atoms with van der Waals surface area (Å²) in [5, 5.41) is 10.9. The Hall–Kier alpha value is -2.66.